The van der Waals surface area contributed by atoms with Crippen LogP contribution in [0.5, 0.6) is 5.75 Å². The second-order valence-corrected chi connectivity index (χ2v) is 7.08. The smallest absolute Gasteiger partial charge is 0.329 e. The highest BCUT2D eigenvalue weighted by Crippen LogP contribution is 2.09. The monoisotopic (exact) mass is 387 g/mol. The van der Waals surface area contributed by atoms with Gasteiger partial charge in [0.05, 0.1) is 0 Å². The van der Waals surface area contributed by atoms with E-state index < -0.39 is 12.0 Å². The van der Waals surface area contributed by atoms with E-state index in [4.69, 9.17) is 9.47 Å². The molecule has 0 aromatic heterocycles. The van der Waals surface area contributed by atoms with E-state index in [1.807, 2.05) is 55.6 Å². The number of thioether (sulfide) groups is 1. The topological polar surface area (TPSA) is 64.6 Å². The molecule has 0 saturated heterocycles. The maximum Gasteiger partial charge on any atom is 0.329 e. The van der Waals surface area contributed by atoms with Crippen LogP contribution in [0.25, 0.3) is 0 Å². The number of nitrogens with one attached hydrogen (secondary N) is 1. The third-order valence-corrected chi connectivity index (χ3v) is 4.49. The quantitative estimate of drug-likeness (QED) is 0.634. The summed E-state index contributed by atoms with van der Waals surface area (Å²) in [6.45, 7) is 2.04. The third kappa shape index (κ3) is 7.74. The van der Waals surface area contributed by atoms with Crippen LogP contribution in [0.1, 0.15) is 17.5 Å². The van der Waals surface area contributed by atoms with Crippen molar-refractivity contribution in [3.63, 3.8) is 0 Å². The van der Waals surface area contributed by atoms with Crippen molar-refractivity contribution in [2.24, 2.45) is 0 Å². The molecule has 0 heterocycles. The fraction of sp³-hybridized carbons (Fsp3) is 0.333. The van der Waals surface area contributed by atoms with Crippen LogP contribution in [0.15, 0.2) is 54.6 Å². The summed E-state index contributed by atoms with van der Waals surface area (Å²) in [6, 6.07) is 16.2. The lowest BCUT2D eigenvalue weighted by molar-refractivity contribution is -0.149. The van der Waals surface area contributed by atoms with Crippen molar-refractivity contribution in [2.75, 3.05) is 18.6 Å². The van der Waals surface area contributed by atoms with E-state index in [0.717, 1.165) is 16.9 Å². The Kier molecular flexibility index (Phi) is 8.71. The molecule has 0 aliphatic carbocycles. The molecule has 1 atom stereocenters. The molecule has 1 N–H and O–H groups in total. The SMILES string of the molecule is CSCC[C@H](NC(=O)COc1ccccc1)C(=O)OCc1ccc(C)cc1. The first kappa shape index (κ1) is 20.8. The molecule has 2 aromatic carbocycles. The van der Waals surface area contributed by atoms with Gasteiger partial charge in [0.25, 0.3) is 5.91 Å². The summed E-state index contributed by atoms with van der Waals surface area (Å²) in [6.07, 6.45) is 2.46. The Morgan fingerprint density at radius 2 is 1.78 bits per heavy atom. The van der Waals surface area contributed by atoms with Crippen molar-refractivity contribution in [3.8, 4) is 5.75 Å². The van der Waals surface area contributed by atoms with Gasteiger partial charge in [-0.25, -0.2) is 4.79 Å². The molecule has 0 bridgehead atoms. The fourth-order valence-electron chi connectivity index (χ4n) is 2.33. The van der Waals surface area contributed by atoms with Gasteiger partial charge >= 0.3 is 5.97 Å². The van der Waals surface area contributed by atoms with Crippen LogP contribution in [-0.2, 0) is 20.9 Å². The third-order valence-electron chi connectivity index (χ3n) is 3.85. The van der Waals surface area contributed by atoms with E-state index >= 15 is 0 Å². The van der Waals surface area contributed by atoms with Gasteiger partial charge in [0, 0.05) is 0 Å². The average molecular weight is 388 g/mol. The number of amides is 1. The van der Waals surface area contributed by atoms with Crippen molar-refractivity contribution >= 4 is 23.6 Å². The van der Waals surface area contributed by atoms with E-state index in [1.165, 1.54) is 0 Å². The van der Waals surface area contributed by atoms with Gasteiger partial charge in [-0.3, -0.25) is 4.79 Å². The number of para-hydroxylation sites is 1. The fourth-order valence-corrected chi connectivity index (χ4v) is 2.80. The molecule has 144 valence electrons. The molecule has 0 saturated carbocycles. The number of ether oxygens (including phenoxy) is 2. The summed E-state index contributed by atoms with van der Waals surface area (Å²) in [4.78, 5) is 24.6. The highest BCUT2D eigenvalue weighted by atomic mass is 32.2. The second-order valence-electron chi connectivity index (χ2n) is 6.10. The minimum absolute atomic E-state index is 0.148. The van der Waals surface area contributed by atoms with Crippen molar-refractivity contribution in [2.45, 2.75) is 26.0 Å². The number of carbonyl (C=O) groups excluding carboxylic acids is 2. The average Bonchev–Trinajstić information content (AvgIpc) is 2.69. The molecule has 0 radical (unpaired) electrons. The van der Waals surface area contributed by atoms with Gasteiger partial charge in [0.15, 0.2) is 6.61 Å². The van der Waals surface area contributed by atoms with Crippen LogP contribution in [0.2, 0.25) is 0 Å². The van der Waals surface area contributed by atoms with Crippen LogP contribution < -0.4 is 10.1 Å². The first-order chi connectivity index (χ1) is 13.1. The molecule has 1 amide bonds. The summed E-state index contributed by atoms with van der Waals surface area (Å²) in [7, 11) is 0. The van der Waals surface area contributed by atoms with Gasteiger partial charge in [-0.05, 0) is 43.0 Å². The molecular formula is C21H25NO4S. The molecule has 0 fully saturated rings. The predicted molar refractivity (Wildman–Crippen MR) is 108 cm³/mol. The van der Waals surface area contributed by atoms with E-state index in [1.54, 1.807) is 23.9 Å². The lowest BCUT2D eigenvalue weighted by Gasteiger charge is -2.17. The summed E-state index contributed by atoms with van der Waals surface area (Å²) >= 11 is 1.61. The van der Waals surface area contributed by atoms with Crippen molar-refractivity contribution < 1.29 is 19.1 Å². The number of carbonyl (C=O) groups is 2. The second kappa shape index (κ2) is 11.3. The van der Waals surface area contributed by atoms with Crippen molar-refractivity contribution in [1.29, 1.82) is 0 Å². The van der Waals surface area contributed by atoms with Crippen molar-refractivity contribution in [3.05, 3.63) is 65.7 Å². The molecule has 5 nitrogen and oxygen atoms in total. The number of hydrogen-bond acceptors (Lipinski definition) is 5. The number of aryl methyl sites for hydroxylation is 1. The number of esters is 1. The van der Waals surface area contributed by atoms with E-state index in [2.05, 4.69) is 5.32 Å². The lowest BCUT2D eigenvalue weighted by atomic mass is 10.2. The Morgan fingerprint density at radius 3 is 2.44 bits per heavy atom. The number of rotatable bonds is 10. The van der Waals surface area contributed by atoms with Gasteiger partial charge in [0.2, 0.25) is 0 Å². The number of benzene rings is 2. The highest BCUT2D eigenvalue weighted by molar-refractivity contribution is 7.98. The van der Waals surface area contributed by atoms with Gasteiger partial charge < -0.3 is 14.8 Å². The zero-order chi connectivity index (χ0) is 19.5. The lowest BCUT2D eigenvalue weighted by Crippen LogP contribution is -2.44. The van der Waals surface area contributed by atoms with E-state index in [-0.39, 0.29) is 19.1 Å². The molecule has 0 aliphatic rings. The van der Waals surface area contributed by atoms with Gasteiger partial charge in [-0.15, -0.1) is 0 Å². The Morgan fingerprint density at radius 1 is 1.07 bits per heavy atom. The van der Waals surface area contributed by atoms with Crippen LogP contribution >= 0.6 is 11.8 Å². The van der Waals surface area contributed by atoms with Gasteiger partial charge in [-0.2, -0.15) is 11.8 Å². The molecule has 0 spiro atoms. The Balaban J connectivity index is 1.85. The van der Waals surface area contributed by atoms with Crippen LogP contribution in [0.3, 0.4) is 0 Å². The van der Waals surface area contributed by atoms with Crippen LogP contribution in [0, 0.1) is 6.92 Å². The Labute approximate surface area is 164 Å². The van der Waals surface area contributed by atoms with Crippen LogP contribution in [-0.4, -0.2) is 36.5 Å². The highest BCUT2D eigenvalue weighted by Gasteiger charge is 2.22. The molecule has 2 rings (SSSR count). The normalized spacial score (nSPS) is 11.5. The van der Waals surface area contributed by atoms with E-state index in [0.29, 0.717) is 12.2 Å². The molecule has 0 unspecified atom stereocenters. The van der Waals surface area contributed by atoms with Crippen LogP contribution in [0.4, 0.5) is 0 Å². The Bertz CT molecular complexity index is 719. The Hall–Kier alpha value is -2.47. The molecule has 27 heavy (non-hydrogen) atoms. The van der Waals surface area contributed by atoms with Crippen molar-refractivity contribution in [1.82, 2.24) is 5.32 Å². The maximum absolute atomic E-state index is 12.4. The maximum atomic E-state index is 12.4. The molecular weight excluding hydrogens is 362 g/mol. The van der Waals surface area contributed by atoms with E-state index in [9.17, 15) is 9.59 Å². The first-order valence-electron chi connectivity index (χ1n) is 8.77. The van der Waals surface area contributed by atoms with Gasteiger partial charge in [0.1, 0.15) is 18.4 Å². The summed E-state index contributed by atoms with van der Waals surface area (Å²) < 4.78 is 10.8. The molecule has 0 aliphatic heterocycles. The summed E-state index contributed by atoms with van der Waals surface area (Å²) in [5.74, 6) is 0.564. The minimum atomic E-state index is -0.685. The molecule has 2 aromatic rings. The first-order valence-corrected chi connectivity index (χ1v) is 10.2. The summed E-state index contributed by atoms with van der Waals surface area (Å²) in [5, 5.41) is 2.72. The largest absolute Gasteiger partial charge is 0.484 e. The minimum Gasteiger partial charge on any atom is -0.484 e. The molecule has 6 heteroatoms. The number of hydrogen-bond donors (Lipinski definition) is 1. The zero-order valence-corrected chi connectivity index (χ0v) is 16.5. The zero-order valence-electron chi connectivity index (χ0n) is 15.6. The predicted octanol–water partition coefficient (Wildman–Crippen LogP) is 3.36. The van der Waals surface area contributed by atoms with Gasteiger partial charge in [-0.1, -0.05) is 48.0 Å². The summed E-state index contributed by atoms with van der Waals surface area (Å²) in [5.41, 5.74) is 2.06. The standard InChI is InChI=1S/C21H25NO4S/c1-16-8-10-17(11-9-16)14-26-21(24)19(12-13-27-2)22-20(23)15-25-18-6-4-3-5-7-18/h3-11,19H,12-15H2,1-2H3,(H,22,23)/t19-/m0/s1.